The number of aliphatic hydroxyl groups is 1. The molecule has 1 aromatic carbocycles. The number of hydrogen-bond donors (Lipinski definition) is 2. The van der Waals surface area contributed by atoms with Crippen LogP contribution in [0, 0.1) is 5.82 Å². The molecule has 0 aliphatic rings. The maximum absolute atomic E-state index is 13.7. The lowest BCUT2D eigenvalue weighted by Gasteiger charge is -2.21. The minimum Gasteiger partial charge on any atom is -0.395 e. The van der Waals surface area contributed by atoms with E-state index in [-0.39, 0.29) is 18.3 Å². The fourth-order valence-electron chi connectivity index (χ4n) is 1.88. The van der Waals surface area contributed by atoms with E-state index in [1.54, 1.807) is 12.1 Å². The van der Waals surface area contributed by atoms with Gasteiger partial charge >= 0.3 is 0 Å². The van der Waals surface area contributed by atoms with Gasteiger partial charge in [-0.1, -0.05) is 15.9 Å². The van der Waals surface area contributed by atoms with Crippen molar-refractivity contribution in [3.05, 3.63) is 34.1 Å². The van der Waals surface area contributed by atoms with Crippen molar-refractivity contribution in [2.45, 2.75) is 19.9 Å². The van der Waals surface area contributed by atoms with Crippen LogP contribution in [0.5, 0.6) is 0 Å². The van der Waals surface area contributed by atoms with E-state index in [0.717, 1.165) is 10.9 Å². The van der Waals surface area contributed by atoms with Crippen molar-refractivity contribution in [3.8, 4) is 0 Å². The van der Waals surface area contributed by atoms with Crippen LogP contribution in [0.15, 0.2) is 22.7 Å². The molecule has 6 heteroatoms. The highest BCUT2D eigenvalue weighted by Gasteiger charge is 2.09. The summed E-state index contributed by atoms with van der Waals surface area (Å²) in [5, 5.41) is 11.8. The molecular weight excluding hydrogens is 327 g/mol. The average molecular weight is 347 g/mol. The number of aliphatic hydroxyl groups excluding tert-OH is 1. The Morgan fingerprint density at radius 1 is 1.45 bits per heavy atom. The van der Waals surface area contributed by atoms with Crippen molar-refractivity contribution >= 4 is 21.8 Å². The van der Waals surface area contributed by atoms with Gasteiger partial charge in [0.1, 0.15) is 5.82 Å². The Hall–Kier alpha value is -0.980. The molecule has 0 radical (unpaired) electrons. The summed E-state index contributed by atoms with van der Waals surface area (Å²) in [6.45, 7) is 3.68. The summed E-state index contributed by atoms with van der Waals surface area (Å²) in [7, 11) is 0. The van der Waals surface area contributed by atoms with E-state index in [9.17, 15) is 9.18 Å². The first-order valence-corrected chi connectivity index (χ1v) is 7.34. The van der Waals surface area contributed by atoms with Gasteiger partial charge in [0.2, 0.25) is 5.91 Å². The number of benzene rings is 1. The van der Waals surface area contributed by atoms with Crippen molar-refractivity contribution in [2.75, 3.05) is 26.2 Å². The van der Waals surface area contributed by atoms with Crippen LogP contribution in [0.2, 0.25) is 0 Å². The third-order valence-corrected chi connectivity index (χ3v) is 3.34. The molecule has 0 atom stereocenters. The molecule has 1 aromatic rings. The van der Waals surface area contributed by atoms with Gasteiger partial charge in [-0.15, -0.1) is 0 Å². The van der Waals surface area contributed by atoms with E-state index >= 15 is 0 Å². The Bertz CT molecular complexity index is 443. The van der Waals surface area contributed by atoms with Gasteiger partial charge in [-0.3, -0.25) is 9.69 Å². The van der Waals surface area contributed by atoms with E-state index in [1.165, 1.54) is 13.0 Å². The summed E-state index contributed by atoms with van der Waals surface area (Å²) in [5.74, 6) is -0.310. The maximum atomic E-state index is 13.7. The Morgan fingerprint density at radius 2 is 2.20 bits per heavy atom. The average Bonchev–Trinajstić information content (AvgIpc) is 2.39. The Labute approximate surface area is 127 Å². The van der Waals surface area contributed by atoms with Gasteiger partial charge in [0.25, 0.3) is 0 Å². The zero-order valence-electron chi connectivity index (χ0n) is 11.5. The topological polar surface area (TPSA) is 52.6 Å². The summed E-state index contributed by atoms with van der Waals surface area (Å²) >= 11 is 3.32. The van der Waals surface area contributed by atoms with Crippen molar-refractivity contribution in [2.24, 2.45) is 0 Å². The summed E-state index contributed by atoms with van der Waals surface area (Å²) in [5.41, 5.74) is 0.590. The van der Waals surface area contributed by atoms with Gasteiger partial charge < -0.3 is 10.4 Å². The molecule has 0 spiro atoms. The first-order valence-electron chi connectivity index (χ1n) is 6.54. The molecule has 20 heavy (non-hydrogen) atoms. The molecule has 0 bridgehead atoms. The molecule has 1 rings (SSSR count). The van der Waals surface area contributed by atoms with Crippen molar-refractivity contribution in [3.63, 3.8) is 0 Å². The van der Waals surface area contributed by atoms with Gasteiger partial charge in [-0.2, -0.15) is 0 Å². The Kier molecular flexibility index (Phi) is 7.72. The van der Waals surface area contributed by atoms with Crippen molar-refractivity contribution in [1.29, 1.82) is 0 Å². The van der Waals surface area contributed by atoms with Crippen LogP contribution in [0.4, 0.5) is 4.39 Å². The summed E-state index contributed by atoms with van der Waals surface area (Å²) in [6, 6.07) is 4.83. The van der Waals surface area contributed by atoms with Gasteiger partial charge in [0, 0.05) is 43.1 Å². The molecule has 0 fully saturated rings. The van der Waals surface area contributed by atoms with Crippen molar-refractivity contribution in [1.82, 2.24) is 10.2 Å². The quantitative estimate of drug-likeness (QED) is 0.707. The summed E-state index contributed by atoms with van der Waals surface area (Å²) < 4.78 is 14.5. The number of hydrogen-bond acceptors (Lipinski definition) is 3. The standard InChI is InChI=1S/C14H20BrFN2O2/c1-11(20)17-5-2-6-18(7-8-19)10-12-9-13(15)3-4-14(12)16/h3-4,9,19H,2,5-8,10H2,1H3,(H,17,20). The molecule has 0 unspecified atom stereocenters. The predicted octanol–water partition coefficient (Wildman–Crippen LogP) is 1.91. The second-order valence-electron chi connectivity index (χ2n) is 4.57. The molecule has 1 amide bonds. The molecule has 0 aliphatic heterocycles. The minimum atomic E-state index is -0.252. The monoisotopic (exact) mass is 346 g/mol. The highest BCUT2D eigenvalue weighted by Crippen LogP contribution is 2.17. The molecule has 0 heterocycles. The Morgan fingerprint density at radius 3 is 2.85 bits per heavy atom. The molecule has 112 valence electrons. The fourth-order valence-corrected chi connectivity index (χ4v) is 2.29. The minimum absolute atomic E-state index is 0.0236. The number of carbonyl (C=O) groups is 1. The van der Waals surface area contributed by atoms with Crippen LogP contribution in [-0.4, -0.2) is 42.2 Å². The van der Waals surface area contributed by atoms with Crippen LogP contribution in [0.1, 0.15) is 18.9 Å². The number of nitrogens with one attached hydrogen (secondary N) is 1. The smallest absolute Gasteiger partial charge is 0.216 e. The van der Waals surface area contributed by atoms with Gasteiger partial charge in [-0.05, 0) is 24.6 Å². The van der Waals surface area contributed by atoms with E-state index in [1.807, 2.05) is 4.90 Å². The third kappa shape index (κ3) is 6.45. The van der Waals surface area contributed by atoms with Gasteiger partial charge in [0.05, 0.1) is 6.61 Å². The summed E-state index contributed by atoms with van der Waals surface area (Å²) in [4.78, 5) is 12.7. The predicted molar refractivity (Wildman–Crippen MR) is 79.8 cm³/mol. The third-order valence-electron chi connectivity index (χ3n) is 2.84. The van der Waals surface area contributed by atoms with Crippen LogP contribution in [0.3, 0.4) is 0 Å². The van der Waals surface area contributed by atoms with E-state index in [4.69, 9.17) is 5.11 Å². The molecule has 0 aromatic heterocycles. The lowest BCUT2D eigenvalue weighted by atomic mass is 10.2. The number of nitrogens with zero attached hydrogens (tertiary/aromatic N) is 1. The van der Waals surface area contributed by atoms with Crippen LogP contribution in [-0.2, 0) is 11.3 Å². The first-order chi connectivity index (χ1) is 9.52. The SMILES string of the molecule is CC(=O)NCCCN(CCO)Cc1cc(Br)ccc1F. The molecule has 2 N–H and O–H groups in total. The van der Waals surface area contributed by atoms with E-state index < -0.39 is 0 Å². The largest absolute Gasteiger partial charge is 0.395 e. The highest BCUT2D eigenvalue weighted by molar-refractivity contribution is 9.10. The lowest BCUT2D eigenvalue weighted by Crippen LogP contribution is -2.31. The van der Waals surface area contributed by atoms with E-state index in [0.29, 0.717) is 31.7 Å². The summed E-state index contributed by atoms with van der Waals surface area (Å²) in [6.07, 6.45) is 0.759. The zero-order valence-corrected chi connectivity index (χ0v) is 13.1. The number of halogens is 2. The molecule has 0 saturated carbocycles. The van der Waals surface area contributed by atoms with Crippen LogP contribution < -0.4 is 5.32 Å². The number of carbonyl (C=O) groups excluding carboxylic acids is 1. The second-order valence-corrected chi connectivity index (χ2v) is 5.49. The highest BCUT2D eigenvalue weighted by atomic mass is 79.9. The van der Waals surface area contributed by atoms with E-state index in [2.05, 4.69) is 21.2 Å². The van der Waals surface area contributed by atoms with Gasteiger partial charge in [-0.25, -0.2) is 4.39 Å². The normalized spacial score (nSPS) is 10.8. The molecule has 4 nitrogen and oxygen atoms in total. The molecular formula is C14H20BrFN2O2. The second kappa shape index (κ2) is 9.05. The lowest BCUT2D eigenvalue weighted by molar-refractivity contribution is -0.118. The number of rotatable bonds is 8. The number of amides is 1. The van der Waals surface area contributed by atoms with Gasteiger partial charge in [0.15, 0.2) is 0 Å². The molecule has 0 saturated heterocycles. The first kappa shape index (κ1) is 17.1. The maximum Gasteiger partial charge on any atom is 0.216 e. The zero-order chi connectivity index (χ0) is 15.0. The van der Waals surface area contributed by atoms with Crippen LogP contribution >= 0.6 is 15.9 Å². The Balaban J connectivity index is 2.53. The molecule has 0 aliphatic carbocycles. The van der Waals surface area contributed by atoms with Crippen molar-refractivity contribution < 1.29 is 14.3 Å². The van der Waals surface area contributed by atoms with Crippen LogP contribution in [0.25, 0.3) is 0 Å². The fraction of sp³-hybridized carbons (Fsp3) is 0.500.